The first kappa shape index (κ1) is 28.4. The molecule has 224 valence electrons. The van der Waals surface area contributed by atoms with E-state index >= 15 is 0 Å². The monoisotopic (exact) mass is 600 g/mol. The molecular weight excluding hydrogens is 566 g/mol. The Bertz CT molecular complexity index is 1600. The van der Waals surface area contributed by atoms with Crippen molar-refractivity contribution in [1.82, 2.24) is 14.8 Å². The highest BCUT2D eigenvalue weighted by Crippen LogP contribution is 2.54. The van der Waals surface area contributed by atoms with Crippen molar-refractivity contribution in [2.45, 2.75) is 57.5 Å². The van der Waals surface area contributed by atoms with Crippen LogP contribution in [0.5, 0.6) is 5.75 Å². The standard InChI is InChI=1S/C29H34F2N6O4S/c1-3-42(39,40)35-20-5-6-22(24(14-20)37-12-10-28(8-9-28)11-13-37)27(38)33-19-4-7-23(26-32-18-36(2)34-26)25(15-19)41-21-16-29(30,31)17-21/h4-7,14-15,18,21,35H,3,8-13,16-17H2,1-2H3,(H,33,38). The summed E-state index contributed by atoms with van der Waals surface area (Å²) in [5.41, 5.74) is 2.82. The fourth-order valence-electron chi connectivity index (χ4n) is 5.61. The quantitative estimate of drug-likeness (QED) is 0.353. The van der Waals surface area contributed by atoms with Gasteiger partial charge in [-0.15, -0.1) is 0 Å². The van der Waals surface area contributed by atoms with Crippen molar-refractivity contribution in [1.29, 1.82) is 0 Å². The molecule has 2 aromatic carbocycles. The first-order valence-electron chi connectivity index (χ1n) is 14.2. The second-order valence-electron chi connectivity index (χ2n) is 11.6. The predicted octanol–water partition coefficient (Wildman–Crippen LogP) is 5.05. The van der Waals surface area contributed by atoms with Gasteiger partial charge in [0.1, 0.15) is 18.2 Å². The maximum absolute atomic E-state index is 13.7. The maximum atomic E-state index is 13.7. The molecule has 2 aliphatic carbocycles. The number of hydrogen-bond acceptors (Lipinski definition) is 7. The number of rotatable bonds is 9. The number of nitrogens with one attached hydrogen (secondary N) is 2. The van der Waals surface area contributed by atoms with E-state index in [1.165, 1.54) is 23.9 Å². The molecule has 3 aromatic rings. The number of carbonyl (C=O) groups is 1. The van der Waals surface area contributed by atoms with Gasteiger partial charge < -0.3 is 15.0 Å². The molecule has 2 saturated carbocycles. The van der Waals surface area contributed by atoms with Gasteiger partial charge in [0.2, 0.25) is 10.0 Å². The SMILES string of the molecule is CCS(=O)(=O)Nc1ccc(C(=O)Nc2ccc(-c3ncn(C)n3)c(OC3CC(F)(F)C3)c2)c(N2CCC3(CC2)CC3)c1. The van der Waals surface area contributed by atoms with Gasteiger partial charge in [0.15, 0.2) is 5.82 Å². The Labute approximate surface area is 243 Å². The van der Waals surface area contributed by atoms with E-state index in [1.54, 1.807) is 50.4 Å². The van der Waals surface area contributed by atoms with E-state index < -0.39 is 22.0 Å². The van der Waals surface area contributed by atoms with Crippen LogP contribution in [0.25, 0.3) is 11.4 Å². The zero-order valence-electron chi connectivity index (χ0n) is 23.6. The van der Waals surface area contributed by atoms with Crippen LogP contribution in [-0.4, -0.2) is 60.0 Å². The van der Waals surface area contributed by atoms with E-state index in [9.17, 15) is 22.0 Å². The molecule has 0 bridgehead atoms. The van der Waals surface area contributed by atoms with E-state index in [4.69, 9.17) is 4.74 Å². The van der Waals surface area contributed by atoms with Crippen LogP contribution in [0.4, 0.5) is 25.8 Å². The fraction of sp³-hybridized carbons (Fsp3) is 0.483. The highest BCUT2D eigenvalue weighted by atomic mass is 32.2. The Morgan fingerprint density at radius 2 is 1.79 bits per heavy atom. The Balaban J connectivity index is 1.28. The summed E-state index contributed by atoms with van der Waals surface area (Å²) in [5.74, 6) is -2.52. The molecule has 0 radical (unpaired) electrons. The van der Waals surface area contributed by atoms with Crippen LogP contribution in [0.3, 0.4) is 0 Å². The molecule has 13 heteroatoms. The number of ether oxygens (including phenoxy) is 1. The van der Waals surface area contributed by atoms with Gasteiger partial charge in [-0.3, -0.25) is 14.2 Å². The predicted molar refractivity (Wildman–Crippen MR) is 156 cm³/mol. The lowest BCUT2D eigenvalue weighted by Crippen LogP contribution is -2.43. The van der Waals surface area contributed by atoms with E-state index in [0.29, 0.717) is 45.2 Å². The van der Waals surface area contributed by atoms with Crippen molar-refractivity contribution in [3.8, 4) is 17.1 Å². The second-order valence-corrected chi connectivity index (χ2v) is 13.6. The van der Waals surface area contributed by atoms with Crippen molar-refractivity contribution in [2.75, 3.05) is 33.8 Å². The van der Waals surface area contributed by atoms with Crippen molar-refractivity contribution < 1.29 is 26.7 Å². The van der Waals surface area contributed by atoms with Crippen LogP contribution < -0.4 is 19.7 Å². The molecule has 0 atom stereocenters. The van der Waals surface area contributed by atoms with Crippen molar-refractivity contribution in [3.63, 3.8) is 0 Å². The lowest BCUT2D eigenvalue weighted by molar-refractivity contribution is -0.134. The molecule has 1 amide bonds. The van der Waals surface area contributed by atoms with E-state index in [-0.39, 0.29) is 24.5 Å². The van der Waals surface area contributed by atoms with Gasteiger partial charge in [0, 0.05) is 44.7 Å². The minimum Gasteiger partial charge on any atom is -0.489 e. The van der Waals surface area contributed by atoms with Crippen LogP contribution in [0, 0.1) is 5.41 Å². The summed E-state index contributed by atoms with van der Waals surface area (Å²) in [4.78, 5) is 20.1. The van der Waals surface area contributed by atoms with Crippen LogP contribution in [-0.2, 0) is 17.1 Å². The molecule has 2 N–H and O–H groups in total. The lowest BCUT2D eigenvalue weighted by atomic mass is 9.91. The number of halogens is 2. The Kier molecular flexibility index (Phi) is 7.11. The van der Waals surface area contributed by atoms with Gasteiger partial charge in [0.05, 0.1) is 28.3 Å². The van der Waals surface area contributed by atoms with Gasteiger partial charge in [0.25, 0.3) is 11.8 Å². The normalized spacial score (nSPS) is 19.3. The number of alkyl halides is 2. The van der Waals surface area contributed by atoms with Crippen LogP contribution in [0.1, 0.15) is 55.8 Å². The third-order valence-corrected chi connectivity index (χ3v) is 9.75. The summed E-state index contributed by atoms with van der Waals surface area (Å²) < 4.78 is 61.6. The second kappa shape index (κ2) is 10.5. The molecule has 3 aliphatic rings. The average molecular weight is 601 g/mol. The summed E-state index contributed by atoms with van der Waals surface area (Å²) in [7, 11) is -1.77. The van der Waals surface area contributed by atoms with E-state index in [1.807, 2.05) is 0 Å². The molecular formula is C29H34F2N6O4S. The van der Waals surface area contributed by atoms with Crippen LogP contribution in [0.2, 0.25) is 0 Å². The Morgan fingerprint density at radius 1 is 1.07 bits per heavy atom. The highest BCUT2D eigenvalue weighted by molar-refractivity contribution is 7.92. The largest absolute Gasteiger partial charge is 0.489 e. The maximum Gasteiger partial charge on any atom is 0.257 e. The third-order valence-electron chi connectivity index (χ3n) is 8.44. The molecule has 10 nitrogen and oxygen atoms in total. The first-order valence-corrected chi connectivity index (χ1v) is 15.8. The number of aryl methyl sites for hydroxylation is 1. The molecule has 1 saturated heterocycles. The van der Waals surface area contributed by atoms with Crippen LogP contribution in [0.15, 0.2) is 42.7 Å². The number of anilines is 3. The molecule has 1 spiro atoms. The summed E-state index contributed by atoms with van der Waals surface area (Å²) in [6, 6.07) is 9.90. The first-order chi connectivity index (χ1) is 19.9. The number of carbonyl (C=O) groups excluding carboxylic acids is 1. The number of sulfonamides is 1. The Morgan fingerprint density at radius 3 is 2.40 bits per heavy atom. The molecule has 3 fully saturated rings. The smallest absolute Gasteiger partial charge is 0.257 e. The topological polar surface area (TPSA) is 118 Å². The van der Waals surface area contributed by atoms with Crippen LogP contribution >= 0.6 is 0 Å². The summed E-state index contributed by atoms with van der Waals surface area (Å²) >= 11 is 0. The zero-order valence-corrected chi connectivity index (χ0v) is 24.4. The van der Waals surface area contributed by atoms with Gasteiger partial charge in [-0.05, 0) is 68.4 Å². The van der Waals surface area contributed by atoms with Crippen molar-refractivity contribution >= 4 is 33.0 Å². The number of hydrogen-bond donors (Lipinski definition) is 2. The number of benzene rings is 2. The number of amides is 1. The molecule has 6 rings (SSSR count). The van der Waals surface area contributed by atoms with Gasteiger partial charge in [-0.2, -0.15) is 5.10 Å². The van der Waals surface area contributed by atoms with Crippen molar-refractivity contribution in [2.24, 2.45) is 12.5 Å². The molecule has 1 aliphatic heterocycles. The third kappa shape index (κ3) is 6.06. The number of nitrogens with zero attached hydrogens (tertiary/aromatic N) is 4. The fourth-order valence-corrected chi connectivity index (χ4v) is 6.24. The molecule has 42 heavy (non-hydrogen) atoms. The number of piperidine rings is 1. The molecule has 1 aromatic heterocycles. The lowest BCUT2D eigenvalue weighted by Gasteiger charge is -2.35. The molecule has 0 unspecified atom stereocenters. The summed E-state index contributed by atoms with van der Waals surface area (Å²) in [5, 5.41) is 7.23. The van der Waals surface area contributed by atoms with Gasteiger partial charge >= 0.3 is 0 Å². The minimum atomic E-state index is -3.50. The number of aromatic nitrogens is 3. The van der Waals surface area contributed by atoms with E-state index in [0.717, 1.165) is 25.9 Å². The van der Waals surface area contributed by atoms with Gasteiger partial charge in [-0.1, -0.05) is 0 Å². The summed E-state index contributed by atoms with van der Waals surface area (Å²) in [6.07, 6.45) is 4.64. The zero-order chi connectivity index (χ0) is 29.7. The average Bonchev–Trinajstić information content (AvgIpc) is 3.54. The van der Waals surface area contributed by atoms with E-state index in [2.05, 4.69) is 25.0 Å². The Hall–Kier alpha value is -3.74. The molecule has 2 heterocycles. The highest BCUT2D eigenvalue weighted by Gasteiger charge is 2.47. The summed E-state index contributed by atoms with van der Waals surface area (Å²) in [6.45, 7) is 3.12. The minimum absolute atomic E-state index is 0.0657. The van der Waals surface area contributed by atoms with Gasteiger partial charge in [-0.25, -0.2) is 22.2 Å². The van der Waals surface area contributed by atoms with Crippen molar-refractivity contribution in [3.05, 3.63) is 48.3 Å².